The predicted molar refractivity (Wildman–Crippen MR) is 91.5 cm³/mol. The molecule has 0 saturated carbocycles. The highest BCUT2D eigenvalue weighted by Gasteiger charge is 2.28. The molecule has 0 aliphatic rings. The van der Waals surface area contributed by atoms with Crippen LogP contribution in [0.2, 0.25) is 5.02 Å². The van der Waals surface area contributed by atoms with Crippen LogP contribution in [-0.2, 0) is 16.9 Å². The summed E-state index contributed by atoms with van der Waals surface area (Å²) in [5, 5.41) is 1.43. The standard InChI is InChI=1S/C16H15Br2ClO/c1-16(11-17,13-7-3-4-8-14(13)18)20-10-12-6-2-5-9-15(12)19/h2-9H,10-11H2,1H3. The van der Waals surface area contributed by atoms with E-state index in [-0.39, 0.29) is 0 Å². The first-order valence-electron chi connectivity index (χ1n) is 6.25. The molecule has 1 nitrogen and oxygen atoms in total. The molecule has 2 aromatic rings. The van der Waals surface area contributed by atoms with Crippen molar-refractivity contribution in [1.82, 2.24) is 0 Å². The Morgan fingerprint density at radius 2 is 1.75 bits per heavy atom. The largest absolute Gasteiger partial charge is 0.365 e. The van der Waals surface area contributed by atoms with E-state index < -0.39 is 5.60 Å². The number of ether oxygens (including phenoxy) is 1. The summed E-state index contributed by atoms with van der Waals surface area (Å²) >= 11 is 13.3. The number of rotatable bonds is 5. The van der Waals surface area contributed by atoms with Gasteiger partial charge in [-0.15, -0.1) is 0 Å². The lowest BCUT2D eigenvalue weighted by atomic mass is 9.98. The molecular weight excluding hydrogens is 403 g/mol. The van der Waals surface area contributed by atoms with Gasteiger partial charge in [0.25, 0.3) is 0 Å². The first kappa shape index (κ1) is 16.0. The van der Waals surface area contributed by atoms with E-state index in [1.165, 1.54) is 0 Å². The summed E-state index contributed by atoms with van der Waals surface area (Å²) in [6.45, 7) is 2.54. The molecule has 0 aromatic heterocycles. The Morgan fingerprint density at radius 1 is 1.10 bits per heavy atom. The highest BCUT2D eigenvalue weighted by Crippen LogP contribution is 2.34. The molecule has 0 heterocycles. The summed E-state index contributed by atoms with van der Waals surface area (Å²) in [6.07, 6.45) is 0. The summed E-state index contributed by atoms with van der Waals surface area (Å²) in [7, 11) is 0. The fraction of sp³-hybridized carbons (Fsp3) is 0.250. The van der Waals surface area contributed by atoms with Crippen LogP contribution in [0.15, 0.2) is 53.0 Å². The molecular formula is C16H15Br2ClO. The van der Waals surface area contributed by atoms with E-state index >= 15 is 0 Å². The fourth-order valence-corrected chi connectivity index (χ4v) is 3.29. The van der Waals surface area contributed by atoms with Gasteiger partial charge < -0.3 is 4.74 Å². The third kappa shape index (κ3) is 3.64. The number of benzene rings is 2. The minimum absolute atomic E-state index is 0.417. The number of halogens is 3. The van der Waals surface area contributed by atoms with Gasteiger partial charge in [-0.2, -0.15) is 0 Å². The van der Waals surface area contributed by atoms with Gasteiger partial charge in [0.05, 0.1) is 6.61 Å². The fourth-order valence-electron chi connectivity index (χ4n) is 1.93. The van der Waals surface area contributed by atoms with Crippen LogP contribution in [0, 0.1) is 0 Å². The summed E-state index contributed by atoms with van der Waals surface area (Å²) in [5.74, 6) is 0. The lowest BCUT2D eigenvalue weighted by Crippen LogP contribution is -2.28. The second-order valence-electron chi connectivity index (χ2n) is 4.72. The lowest BCUT2D eigenvalue weighted by Gasteiger charge is -2.29. The SMILES string of the molecule is CC(CBr)(OCc1ccccc1Cl)c1ccccc1Br. The minimum Gasteiger partial charge on any atom is -0.365 e. The molecule has 0 saturated heterocycles. The minimum atomic E-state index is -0.417. The number of hydrogen-bond acceptors (Lipinski definition) is 1. The summed E-state index contributed by atoms with van der Waals surface area (Å²) < 4.78 is 7.19. The van der Waals surface area contributed by atoms with E-state index in [0.29, 0.717) is 11.9 Å². The molecule has 4 heteroatoms. The Hall–Kier alpha value is -0.350. The van der Waals surface area contributed by atoms with Crippen molar-refractivity contribution in [3.05, 3.63) is 69.2 Å². The van der Waals surface area contributed by atoms with Crippen LogP contribution in [0.1, 0.15) is 18.1 Å². The molecule has 0 N–H and O–H groups in total. The van der Waals surface area contributed by atoms with Crippen molar-refractivity contribution in [3.8, 4) is 0 Å². The van der Waals surface area contributed by atoms with Crippen LogP contribution < -0.4 is 0 Å². The number of hydrogen-bond donors (Lipinski definition) is 0. The molecule has 1 unspecified atom stereocenters. The molecule has 0 amide bonds. The zero-order valence-corrected chi connectivity index (χ0v) is 15.0. The van der Waals surface area contributed by atoms with Gasteiger partial charge in [0.2, 0.25) is 0 Å². The van der Waals surface area contributed by atoms with Crippen LogP contribution in [0.3, 0.4) is 0 Å². The molecule has 2 aromatic carbocycles. The van der Waals surface area contributed by atoms with E-state index in [4.69, 9.17) is 16.3 Å². The normalized spacial score (nSPS) is 14.0. The van der Waals surface area contributed by atoms with Gasteiger partial charge in [-0.25, -0.2) is 0 Å². The second kappa shape index (κ2) is 7.08. The first-order valence-corrected chi connectivity index (χ1v) is 8.54. The Kier molecular flexibility index (Phi) is 5.67. The van der Waals surface area contributed by atoms with Crippen molar-refractivity contribution < 1.29 is 4.74 Å². The van der Waals surface area contributed by atoms with Gasteiger partial charge >= 0.3 is 0 Å². The zero-order valence-electron chi connectivity index (χ0n) is 11.1. The first-order chi connectivity index (χ1) is 9.57. The van der Waals surface area contributed by atoms with Crippen LogP contribution >= 0.6 is 43.5 Å². The van der Waals surface area contributed by atoms with Gasteiger partial charge in [0, 0.05) is 14.8 Å². The quantitative estimate of drug-likeness (QED) is 0.547. The number of alkyl halides is 1. The van der Waals surface area contributed by atoms with Gasteiger partial charge in [-0.05, 0) is 30.2 Å². The maximum atomic E-state index is 6.17. The molecule has 0 spiro atoms. The molecule has 20 heavy (non-hydrogen) atoms. The van der Waals surface area contributed by atoms with Crippen LogP contribution in [0.5, 0.6) is 0 Å². The van der Waals surface area contributed by atoms with Gasteiger partial charge in [-0.1, -0.05) is 79.9 Å². The monoisotopic (exact) mass is 416 g/mol. The topological polar surface area (TPSA) is 9.23 Å². The maximum Gasteiger partial charge on any atom is 0.101 e. The van der Waals surface area contributed by atoms with Crippen molar-refractivity contribution in [2.75, 3.05) is 5.33 Å². The Labute approximate surface area is 141 Å². The van der Waals surface area contributed by atoms with Crippen molar-refractivity contribution in [1.29, 1.82) is 0 Å². The van der Waals surface area contributed by atoms with Crippen LogP contribution in [0.4, 0.5) is 0 Å². The molecule has 0 bridgehead atoms. The van der Waals surface area contributed by atoms with Crippen LogP contribution in [0.25, 0.3) is 0 Å². The molecule has 0 aliphatic carbocycles. The Balaban J connectivity index is 2.21. The average molecular weight is 419 g/mol. The molecule has 0 aliphatic heterocycles. The van der Waals surface area contributed by atoms with E-state index in [9.17, 15) is 0 Å². The highest BCUT2D eigenvalue weighted by atomic mass is 79.9. The Bertz CT molecular complexity index is 588. The second-order valence-corrected chi connectivity index (χ2v) is 6.55. The summed E-state index contributed by atoms with van der Waals surface area (Å²) in [6, 6.07) is 15.8. The molecule has 2 rings (SSSR count). The van der Waals surface area contributed by atoms with Crippen molar-refractivity contribution in [2.45, 2.75) is 19.1 Å². The molecule has 106 valence electrons. The van der Waals surface area contributed by atoms with Crippen molar-refractivity contribution in [3.63, 3.8) is 0 Å². The summed E-state index contributed by atoms with van der Waals surface area (Å²) in [4.78, 5) is 0. The highest BCUT2D eigenvalue weighted by molar-refractivity contribution is 9.10. The van der Waals surface area contributed by atoms with Gasteiger partial charge in [0.15, 0.2) is 0 Å². The molecule has 1 atom stereocenters. The third-order valence-electron chi connectivity index (χ3n) is 3.20. The lowest BCUT2D eigenvalue weighted by molar-refractivity contribution is -0.0293. The van der Waals surface area contributed by atoms with E-state index in [0.717, 1.165) is 20.6 Å². The maximum absolute atomic E-state index is 6.17. The summed E-state index contributed by atoms with van der Waals surface area (Å²) in [5.41, 5.74) is 1.69. The average Bonchev–Trinajstić information content (AvgIpc) is 2.46. The van der Waals surface area contributed by atoms with E-state index in [1.807, 2.05) is 42.5 Å². The van der Waals surface area contributed by atoms with Gasteiger partial charge in [-0.3, -0.25) is 0 Å². The predicted octanol–water partition coefficient (Wildman–Crippen LogP) is 5.93. The van der Waals surface area contributed by atoms with Crippen molar-refractivity contribution >= 4 is 43.5 Å². The third-order valence-corrected chi connectivity index (χ3v) is 5.33. The molecule has 0 radical (unpaired) electrons. The van der Waals surface area contributed by atoms with E-state index in [2.05, 4.69) is 44.8 Å². The van der Waals surface area contributed by atoms with Crippen LogP contribution in [-0.4, -0.2) is 5.33 Å². The zero-order chi connectivity index (χ0) is 14.6. The Morgan fingerprint density at radius 3 is 2.40 bits per heavy atom. The van der Waals surface area contributed by atoms with E-state index in [1.54, 1.807) is 0 Å². The van der Waals surface area contributed by atoms with Gasteiger partial charge in [0.1, 0.15) is 5.60 Å². The smallest absolute Gasteiger partial charge is 0.101 e. The van der Waals surface area contributed by atoms with Crippen molar-refractivity contribution in [2.24, 2.45) is 0 Å². The molecule has 0 fully saturated rings.